The smallest absolute Gasteiger partial charge is 0.246 e. The zero-order chi connectivity index (χ0) is 29.9. The number of hydrogen-bond donors (Lipinski definition) is 2. The van der Waals surface area contributed by atoms with Crippen LogP contribution in [0.25, 0.3) is 33.0 Å². The molecule has 1 fully saturated rings. The van der Waals surface area contributed by atoms with Gasteiger partial charge in [-0.05, 0) is 50.6 Å². The minimum Gasteiger partial charge on any atom is -0.380 e. The maximum Gasteiger partial charge on any atom is 0.246 e. The number of piperazine rings is 1. The van der Waals surface area contributed by atoms with Crippen molar-refractivity contribution in [2.24, 2.45) is 7.05 Å². The van der Waals surface area contributed by atoms with Crippen LogP contribution in [-0.4, -0.2) is 55.7 Å². The third-order valence-corrected chi connectivity index (χ3v) is 8.09. The molecule has 0 aliphatic carbocycles. The maximum atomic E-state index is 16.8. The van der Waals surface area contributed by atoms with Crippen LogP contribution in [0, 0.1) is 12.7 Å². The molecule has 2 atom stereocenters. The van der Waals surface area contributed by atoms with Crippen LogP contribution >= 0.6 is 11.6 Å². The van der Waals surface area contributed by atoms with Gasteiger partial charge in [-0.25, -0.2) is 9.37 Å². The van der Waals surface area contributed by atoms with Crippen molar-refractivity contribution in [3.05, 3.63) is 65.7 Å². The highest BCUT2D eigenvalue weighted by Gasteiger charge is 2.34. The molecule has 0 unspecified atom stereocenters. The largest absolute Gasteiger partial charge is 0.380 e. The third-order valence-electron chi connectivity index (χ3n) is 7.79. The molecule has 1 saturated heterocycles. The minimum absolute atomic E-state index is 0.0914. The Labute approximate surface area is 246 Å². The number of benzene rings is 2. The number of nitrogens with zero attached hydrogens (tertiary/aromatic N) is 6. The van der Waals surface area contributed by atoms with Crippen LogP contribution in [0.3, 0.4) is 0 Å². The number of carbonyl (C=O) groups is 1. The quantitative estimate of drug-likeness (QED) is 0.247. The Kier molecular flexibility index (Phi) is 6.77. The Morgan fingerprint density at radius 1 is 1.21 bits per heavy atom. The highest BCUT2D eigenvalue weighted by atomic mass is 35.5. The van der Waals surface area contributed by atoms with Gasteiger partial charge in [-0.3, -0.25) is 4.79 Å². The third kappa shape index (κ3) is 4.50. The van der Waals surface area contributed by atoms with Crippen molar-refractivity contribution in [2.45, 2.75) is 32.9 Å². The van der Waals surface area contributed by atoms with Crippen molar-refractivity contribution in [3.63, 3.8) is 0 Å². The minimum atomic E-state index is -0.616. The Morgan fingerprint density at radius 2 is 2.00 bits per heavy atom. The second-order valence-corrected chi connectivity index (χ2v) is 11.2. The lowest BCUT2D eigenvalue weighted by Gasteiger charge is -2.44. The second-order valence-electron chi connectivity index (χ2n) is 10.7. The SMILES string of the molecule is C=CC(=O)N1C[C@H](C)N(c2nc(Nc3ccn(C)c3)nc3c(F)c(-c4c(C)ccc5onc(N)c45)c(Cl)cc23)C[C@H]1C. The van der Waals surface area contributed by atoms with Crippen LogP contribution in [0.2, 0.25) is 5.02 Å². The molecule has 1 aliphatic heterocycles. The van der Waals surface area contributed by atoms with Crippen LogP contribution < -0.4 is 16.0 Å². The molecule has 3 aromatic heterocycles. The average molecular weight is 589 g/mol. The first-order chi connectivity index (χ1) is 20.1. The molecule has 2 aromatic carbocycles. The van der Waals surface area contributed by atoms with Crippen LogP contribution in [0.4, 0.5) is 27.7 Å². The zero-order valence-corrected chi connectivity index (χ0v) is 24.4. The fraction of sp³-hybridized carbons (Fsp3) is 0.267. The van der Waals surface area contributed by atoms with Crippen LogP contribution in [0.15, 0.2) is 53.8 Å². The molecular formula is C30H30ClFN8O2. The molecule has 4 heterocycles. The Bertz CT molecular complexity index is 1880. The molecular weight excluding hydrogens is 559 g/mol. The Morgan fingerprint density at radius 3 is 2.71 bits per heavy atom. The molecule has 0 saturated carbocycles. The van der Waals surface area contributed by atoms with E-state index in [4.69, 9.17) is 26.8 Å². The molecule has 5 aromatic rings. The average Bonchev–Trinajstić information content (AvgIpc) is 3.55. The molecule has 42 heavy (non-hydrogen) atoms. The first-order valence-electron chi connectivity index (χ1n) is 13.5. The van der Waals surface area contributed by atoms with E-state index in [1.807, 2.05) is 56.9 Å². The molecule has 12 heteroatoms. The molecule has 3 N–H and O–H groups in total. The molecule has 1 aliphatic rings. The number of carbonyl (C=O) groups excluding carboxylic acids is 1. The monoisotopic (exact) mass is 588 g/mol. The van der Waals surface area contributed by atoms with Gasteiger partial charge >= 0.3 is 0 Å². The van der Waals surface area contributed by atoms with Crippen molar-refractivity contribution < 1.29 is 13.7 Å². The van der Waals surface area contributed by atoms with E-state index in [1.165, 1.54) is 6.08 Å². The number of nitrogens with one attached hydrogen (secondary N) is 1. The van der Waals surface area contributed by atoms with Gasteiger partial charge in [0, 0.05) is 61.1 Å². The summed E-state index contributed by atoms with van der Waals surface area (Å²) in [5.74, 6) is 0.123. The summed E-state index contributed by atoms with van der Waals surface area (Å²) in [4.78, 5) is 25.8. The van der Waals surface area contributed by atoms with Crippen molar-refractivity contribution in [1.29, 1.82) is 0 Å². The number of amides is 1. The number of halogens is 2. The molecule has 6 rings (SSSR count). The van der Waals surface area contributed by atoms with Gasteiger partial charge in [-0.1, -0.05) is 29.4 Å². The normalized spacial score (nSPS) is 17.3. The molecule has 216 valence electrons. The summed E-state index contributed by atoms with van der Waals surface area (Å²) in [5.41, 5.74) is 8.81. The van der Waals surface area contributed by atoms with Gasteiger partial charge in [0.15, 0.2) is 17.2 Å². The van der Waals surface area contributed by atoms with Gasteiger partial charge in [0.1, 0.15) is 11.3 Å². The van der Waals surface area contributed by atoms with Gasteiger partial charge in [-0.15, -0.1) is 0 Å². The molecule has 1 amide bonds. The predicted molar refractivity (Wildman–Crippen MR) is 164 cm³/mol. The fourth-order valence-electron chi connectivity index (χ4n) is 5.72. The van der Waals surface area contributed by atoms with E-state index < -0.39 is 5.82 Å². The van der Waals surface area contributed by atoms with E-state index in [0.717, 1.165) is 11.3 Å². The van der Waals surface area contributed by atoms with E-state index in [2.05, 4.69) is 26.9 Å². The number of hydrogen-bond acceptors (Lipinski definition) is 8. The highest BCUT2D eigenvalue weighted by Crippen LogP contribution is 2.44. The maximum absolute atomic E-state index is 16.8. The van der Waals surface area contributed by atoms with Gasteiger partial charge in [0.2, 0.25) is 11.9 Å². The summed E-state index contributed by atoms with van der Waals surface area (Å²) in [6.45, 7) is 10.4. The summed E-state index contributed by atoms with van der Waals surface area (Å²) in [5, 5.41) is 8.20. The van der Waals surface area contributed by atoms with Crippen LogP contribution in [-0.2, 0) is 11.8 Å². The number of nitrogens with two attached hydrogens (primary N) is 1. The summed E-state index contributed by atoms with van der Waals surface area (Å²) < 4.78 is 24.1. The number of fused-ring (bicyclic) bond motifs is 2. The molecule has 0 spiro atoms. The van der Waals surface area contributed by atoms with Gasteiger partial charge in [0.25, 0.3) is 0 Å². The van der Waals surface area contributed by atoms with E-state index in [1.54, 1.807) is 17.0 Å². The Balaban J connectivity index is 1.58. The fourth-order valence-corrected chi connectivity index (χ4v) is 6.01. The number of anilines is 4. The number of aromatic nitrogens is 4. The zero-order valence-electron chi connectivity index (χ0n) is 23.7. The topological polar surface area (TPSA) is 118 Å². The van der Waals surface area contributed by atoms with Crippen molar-refractivity contribution >= 4 is 62.7 Å². The van der Waals surface area contributed by atoms with Gasteiger partial charge < -0.3 is 29.9 Å². The van der Waals surface area contributed by atoms with Crippen molar-refractivity contribution in [2.75, 3.05) is 29.0 Å². The van der Waals surface area contributed by atoms with Crippen LogP contribution in [0.5, 0.6) is 0 Å². The van der Waals surface area contributed by atoms with E-state index in [0.29, 0.717) is 40.8 Å². The lowest BCUT2D eigenvalue weighted by Crippen LogP contribution is -2.58. The number of nitrogen functional groups attached to an aromatic ring is 1. The second kappa shape index (κ2) is 10.3. The summed E-state index contributed by atoms with van der Waals surface area (Å²) in [7, 11) is 1.90. The number of aryl methyl sites for hydroxylation is 2. The standard InChI is InChI=1S/C30H30ClFN8O2/c1-6-22(41)39-12-17(4)40(13-16(39)3)29-19-11-20(31)24(23-15(2)7-8-21-25(23)28(33)37-42-21)26(32)27(19)35-30(36-29)34-18-9-10-38(5)14-18/h6-11,14,16-17H,1,12-13H2,2-5H3,(H2,33,37)(H,34,35,36)/t16-,17+/m1/s1. The molecule has 10 nitrogen and oxygen atoms in total. The number of rotatable bonds is 5. The lowest BCUT2D eigenvalue weighted by atomic mass is 9.94. The first-order valence-corrected chi connectivity index (χ1v) is 13.9. The predicted octanol–water partition coefficient (Wildman–Crippen LogP) is 5.81. The molecule has 0 radical (unpaired) electrons. The van der Waals surface area contributed by atoms with Crippen LogP contribution in [0.1, 0.15) is 19.4 Å². The van der Waals surface area contributed by atoms with E-state index in [-0.39, 0.29) is 45.9 Å². The van der Waals surface area contributed by atoms with E-state index in [9.17, 15) is 4.79 Å². The highest BCUT2D eigenvalue weighted by molar-refractivity contribution is 6.35. The summed E-state index contributed by atoms with van der Waals surface area (Å²) in [6, 6.07) is 6.84. The lowest BCUT2D eigenvalue weighted by molar-refractivity contribution is -0.128. The van der Waals surface area contributed by atoms with Crippen molar-refractivity contribution in [3.8, 4) is 11.1 Å². The molecule has 0 bridgehead atoms. The summed E-state index contributed by atoms with van der Waals surface area (Å²) in [6.07, 6.45) is 5.08. The Hall–Kier alpha value is -4.64. The first kappa shape index (κ1) is 27.5. The summed E-state index contributed by atoms with van der Waals surface area (Å²) >= 11 is 6.88. The van der Waals surface area contributed by atoms with Gasteiger partial charge in [0.05, 0.1) is 16.1 Å². The van der Waals surface area contributed by atoms with E-state index >= 15 is 4.39 Å². The van der Waals surface area contributed by atoms with Gasteiger partial charge in [-0.2, -0.15) is 4.98 Å². The van der Waals surface area contributed by atoms with Crippen molar-refractivity contribution in [1.82, 2.24) is 24.6 Å².